The lowest BCUT2D eigenvalue weighted by Gasteiger charge is -2.44. The minimum Gasteiger partial charge on any atom is -0.366 e. The van der Waals surface area contributed by atoms with Crippen molar-refractivity contribution in [3.05, 3.63) is 29.3 Å². The third-order valence-electron chi connectivity index (χ3n) is 6.81. The van der Waals surface area contributed by atoms with E-state index in [1.54, 1.807) is 6.07 Å². The number of nitriles is 1. The summed E-state index contributed by atoms with van der Waals surface area (Å²) in [5.74, 6) is -1.15. The smallest absolute Gasteiger partial charge is 0.366 e. The number of benzene rings is 1. The average Bonchev–Trinajstić information content (AvgIpc) is 3.17. The Morgan fingerprint density at radius 1 is 1.39 bits per heavy atom. The summed E-state index contributed by atoms with van der Waals surface area (Å²) in [7, 11) is 0. The molecule has 6 nitrogen and oxygen atoms in total. The van der Waals surface area contributed by atoms with E-state index in [4.69, 9.17) is 20.5 Å². The van der Waals surface area contributed by atoms with Gasteiger partial charge in [-0.2, -0.15) is 18.4 Å². The van der Waals surface area contributed by atoms with E-state index in [0.717, 1.165) is 12.1 Å². The molecule has 2 N–H and O–H groups in total. The summed E-state index contributed by atoms with van der Waals surface area (Å²) < 4.78 is 52.4. The van der Waals surface area contributed by atoms with Crippen molar-refractivity contribution >= 4 is 11.6 Å². The summed E-state index contributed by atoms with van der Waals surface area (Å²) in [4.78, 5) is 14.6. The fourth-order valence-corrected chi connectivity index (χ4v) is 5.79. The number of nitrogens with two attached hydrogens (primary N) is 1. The maximum Gasteiger partial charge on any atom is 0.417 e. The molecular weight excluding hydrogens is 375 g/mol. The van der Waals surface area contributed by atoms with Crippen LogP contribution < -0.4 is 10.6 Å². The number of nitrogens with zero attached hydrogens (tertiary/aromatic N) is 2. The lowest BCUT2D eigenvalue weighted by molar-refractivity contribution is -0.142. The van der Waals surface area contributed by atoms with E-state index in [1.165, 1.54) is 11.0 Å². The second-order valence-electron chi connectivity index (χ2n) is 8.24. The SMILES string of the molecule is C[C@@]12C[C@H](N)[C@]3(CCO[C@H]4[C@@H]3[C@@H]1C(=O)N4c1ccc(C#N)c(C(F)(F)F)c1)O2. The van der Waals surface area contributed by atoms with E-state index in [0.29, 0.717) is 19.4 Å². The molecule has 148 valence electrons. The van der Waals surface area contributed by atoms with Gasteiger partial charge in [0.1, 0.15) is 6.23 Å². The first-order valence-corrected chi connectivity index (χ1v) is 9.14. The zero-order chi connectivity index (χ0) is 20.1. The van der Waals surface area contributed by atoms with Gasteiger partial charge in [0.2, 0.25) is 5.91 Å². The molecule has 1 spiro atoms. The lowest BCUT2D eigenvalue weighted by atomic mass is 9.64. The molecule has 5 rings (SSSR count). The van der Waals surface area contributed by atoms with Crippen molar-refractivity contribution in [1.29, 1.82) is 5.26 Å². The van der Waals surface area contributed by atoms with Crippen LogP contribution in [0.25, 0.3) is 0 Å². The monoisotopic (exact) mass is 393 g/mol. The van der Waals surface area contributed by atoms with Gasteiger partial charge in [-0.05, 0) is 31.5 Å². The molecule has 0 radical (unpaired) electrons. The number of carbonyl (C=O) groups excluding carboxylic acids is 1. The summed E-state index contributed by atoms with van der Waals surface area (Å²) >= 11 is 0. The zero-order valence-corrected chi connectivity index (χ0v) is 15.0. The van der Waals surface area contributed by atoms with E-state index in [-0.39, 0.29) is 23.6 Å². The number of hydrogen-bond acceptors (Lipinski definition) is 5. The maximum atomic E-state index is 13.4. The molecule has 0 unspecified atom stereocenters. The first kappa shape index (κ1) is 17.9. The Labute approximate surface area is 159 Å². The Kier molecular flexibility index (Phi) is 3.36. The van der Waals surface area contributed by atoms with Gasteiger partial charge in [-0.25, -0.2) is 0 Å². The van der Waals surface area contributed by atoms with Crippen LogP contribution >= 0.6 is 0 Å². The number of hydrogen-bond donors (Lipinski definition) is 1. The van der Waals surface area contributed by atoms with Gasteiger partial charge in [0.25, 0.3) is 0 Å². The van der Waals surface area contributed by atoms with Crippen molar-refractivity contribution < 1.29 is 27.4 Å². The molecule has 4 saturated heterocycles. The van der Waals surface area contributed by atoms with Crippen LogP contribution in [0.1, 0.15) is 30.9 Å². The topological polar surface area (TPSA) is 88.6 Å². The van der Waals surface area contributed by atoms with E-state index in [9.17, 15) is 18.0 Å². The predicted molar refractivity (Wildman–Crippen MR) is 89.8 cm³/mol. The Morgan fingerprint density at radius 2 is 2.14 bits per heavy atom. The van der Waals surface area contributed by atoms with Gasteiger partial charge in [0.05, 0.1) is 40.9 Å². The van der Waals surface area contributed by atoms with E-state index in [2.05, 4.69) is 0 Å². The summed E-state index contributed by atoms with van der Waals surface area (Å²) in [5.41, 5.74) is 3.44. The highest BCUT2D eigenvalue weighted by Crippen LogP contribution is 2.64. The van der Waals surface area contributed by atoms with Crippen LogP contribution in [-0.4, -0.2) is 36.0 Å². The molecular formula is C19H18F3N3O3. The Morgan fingerprint density at radius 3 is 2.82 bits per heavy atom. The second-order valence-corrected chi connectivity index (χ2v) is 8.24. The number of amides is 1. The highest BCUT2D eigenvalue weighted by molar-refractivity contribution is 6.00. The van der Waals surface area contributed by atoms with Crippen LogP contribution in [0.15, 0.2) is 18.2 Å². The van der Waals surface area contributed by atoms with Crippen molar-refractivity contribution in [1.82, 2.24) is 0 Å². The standard InChI is InChI=1S/C19H18F3N3O3/c1-17-7-12(24)18(28-17)4-5-27-16-14(18)13(17)15(26)25(16)10-3-2-9(8-23)11(6-10)19(20,21)22/h2-3,6,12-14,16H,4-5,7,24H2,1H3/t12-,13+,14-,16-,17+,18-/m0/s1. The summed E-state index contributed by atoms with van der Waals surface area (Å²) in [6, 6.07) is 4.62. The number of halogens is 3. The molecule has 1 aromatic carbocycles. The minimum atomic E-state index is -4.70. The van der Waals surface area contributed by atoms with Crippen LogP contribution in [0.4, 0.5) is 18.9 Å². The largest absolute Gasteiger partial charge is 0.417 e. The molecule has 4 aliphatic rings. The highest BCUT2D eigenvalue weighted by atomic mass is 19.4. The first-order chi connectivity index (χ1) is 13.1. The summed E-state index contributed by atoms with van der Waals surface area (Å²) in [6.45, 7) is 2.16. The Balaban J connectivity index is 1.62. The number of fused-ring (bicyclic) bond motifs is 2. The first-order valence-electron chi connectivity index (χ1n) is 9.14. The van der Waals surface area contributed by atoms with Gasteiger partial charge < -0.3 is 15.2 Å². The maximum absolute atomic E-state index is 13.4. The molecule has 0 aliphatic carbocycles. The van der Waals surface area contributed by atoms with Gasteiger partial charge in [-0.15, -0.1) is 0 Å². The van der Waals surface area contributed by atoms with Crippen LogP contribution in [0.3, 0.4) is 0 Å². The van der Waals surface area contributed by atoms with Crippen molar-refractivity contribution in [3.8, 4) is 6.07 Å². The van der Waals surface area contributed by atoms with Crippen molar-refractivity contribution in [2.24, 2.45) is 17.6 Å². The molecule has 0 saturated carbocycles. The fraction of sp³-hybridized carbons (Fsp3) is 0.579. The minimum absolute atomic E-state index is 0.0735. The van der Waals surface area contributed by atoms with E-state index in [1.807, 2.05) is 6.92 Å². The molecule has 0 aromatic heterocycles. The van der Waals surface area contributed by atoms with Crippen LogP contribution in [-0.2, 0) is 20.4 Å². The lowest BCUT2D eigenvalue weighted by Crippen LogP contribution is -2.59. The third-order valence-corrected chi connectivity index (χ3v) is 6.81. The van der Waals surface area contributed by atoms with Gasteiger partial charge in [-0.3, -0.25) is 9.69 Å². The quantitative estimate of drug-likeness (QED) is 0.790. The number of rotatable bonds is 1. The van der Waals surface area contributed by atoms with E-state index < -0.39 is 40.7 Å². The molecule has 4 aliphatic heterocycles. The predicted octanol–water partition coefficient (Wildman–Crippen LogP) is 2.16. The zero-order valence-electron chi connectivity index (χ0n) is 15.0. The van der Waals surface area contributed by atoms with Crippen LogP contribution in [0.2, 0.25) is 0 Å². The normalized spacial score (nSPS) is 41.3. The van der Waals surface area contributed by atoms with Crippen LogP contribution in [0.5, 0.6) is 0 Å². The second kappa shape index (κ2) is 5.26. The highest BCUT2D eigenvalue weighted by Gasteiger charge is 2.77. The van der Waals surface area contributed by atoms with Gasteiger partial charge in [0, 0.05) is 24.1 Å². The number of ether oxygens (including phenoxy) is 2. The van der Waals surface area contributed by atoms with Gasteiger partial charge in [-0.1, -0.05) is 0 Å². The summed E-state index contributed by atoms with van der Waals surface area (Å²) in [6.07, 6.45) is -4.34. The molecule has 6 atom stereocenters. The number of alkyl halides is 3. The van der Waals surface area contributed by atoms with E-state index >= 15 is 0 Å². The van der Waals surface area contributed by atoms with Gasteiger partial charge in [0.15, 0.2) is 0 Å². The molecule has 1 aromatic rings. The number of anilines is 1. The molecule has 28 heavy (non-hydrogen) atoms. The summed E-state index contributed by atoms with van der Waals surface area (Å²) in [5, 5.41) is 9.02. The van der Waals surface area contributed by atoms with Crippen molar-refractivity contribution in [2.75, 3.05) is 11.5 Å². The van der Waals surface area contributed by atoms with Crippen LogP contribution in [0, 0.1) is 23.2 Å². The Hall–Kier alpha value is -2.15. The number of carbonyl (C=O) groups is 1. The molecule has 1 amide bonds. The molecule has 2 bridgehead atoms. The van der Waals surface area contributed by atoms with Gasteiger partial charge >= 0.3 is 6.18 Å². The fourth-order valence-electron chi connectivity index (χ4n) is 5.79. The molecule has 4 fully saturated rings. The molecule has 4 heterocycles. The average molecular weight is 393 g/mol. The Bertz CT molecular complexity index is 929. The molecule has 9 heteroatoms. The van der Waals surface area contributed by atoms with Crippen molar-refractivity contribution in [3.63, 3.8) is 0 Å². The third kappa shape index (κ3) is 2.00. The van der Waals surface area contributed by atoms with Crippen molar-refractivity contribution in [2.45, 2.75) is 49.4 Å².